The van der Waals surface area contributed by atoms with Crippen molar-refractivity contribution >= 4 is 58.3 Å². The van der Waals surface area contributed by atoms with Crippen LogP contribution in [0.1, 0.15) is 98.4 Å². The molecule has 7 amide bonds. The van der Waals surface area contributed by atoms with Gasteiger partial charge in [-0.1, -0.05) is 56.7 Å². The summed E-state index contributed by atoms with van der Waals surface area (Å²) in [4.78, 5) is 115. The lowest BCUT2D eigenvalue weighted by Crippen LogP contribution is -2.55. The van der Waals surface area contributed by atoms with E-state index in [9.17, 15) is 53.4 Å². The van der Waals surface area contributed by atoms with Crippen molar-refractivity contribution in [2.45, 2.75) is 96.7 Å². The van der Waals surface area contributed by atoms with Crippen LogP contribution in [-0.4, -0.2) is 102 Å². The number of fused-ring (bicyclic) bond motifs is 2. The minimum absolute atomic E-state index is 0.00591. The lowest BCUT2D eigenvalue weighted by atomic mass is 9.90. The van der Waals surface area contributed by atoms with Gasteiger partial charge in [0.25, 0.3) is 5.91 Å². The number of likely N-dealkylation sites (N-methyl/N-ethyl adjacent to an activating group) is 1. The van der Waals surface area contributed by atoms with E-state index in [0.29, 0.717) is 55.2 Å². The number of benzene rings is 4. The molecule has 1 aliphatic carbocycles. The maximum atomic E-state index is 13.6. The average Bonchev–Trinajstić information content (AvgIpc) is 3.34. The quantitative estimate of drug-likeness (QED) is 0.0279. The van der Waals surface area contributed by atoms with E-state index in [4.69, 9.17) is 4.42 Å². The molecule has 1 aliphatic heterocycles. The maximum absolute atomic E-state index is 13.6. The normalized spacial score (nSPS) is 12.3. The van der Waals surface area contributed by atoms with E-state index in [1.165, 1.54) is 62.5 Å². The molecule has 3 aromatic carbocycles. The fraction of sp³-hybridized carbons (Fsp3) is 0.377. The van der Waals surface area contributed by atoms with Gasteiger partial charge in [0.15, 0.2) is 5.43 Å². The summed E-state index contributed by atoms with van der Waals surface area (Å²) in [5, 5.41) is 39.7. The second kappa shape index (κ2) is 26.8. The second-order valence-corrected chi connectivity index (χ2v) is 17.9. The SMILES string of the molecule is CNC(=O)[C@H](Cc1ccccc1)NC(=O)[C@H](CCCCNC(C)=O)NC(=O)CNC(=O)[C@H](CC(C)C)NC(=O)CCCCCNC(=O)c1ccc(-c2c3ccc(=O)cc-3oc3cc(O)ccc23)c(C(=O)O)c1. The number of carbonyl (C=O) groups excluding carboxylic acids is 7. The zero-order valence-electron chi connectivity index (χ0n) is 40.9. The minimum atomic E-state index is -1.29. The van der Waals surface area contributed by atoms with Crippen molar-refractivity contribution in [1.29, 1.82) is 0 Å². The van der Waals surface area contributed by atoms with Crippen LogP contribution in [0.5, 0.6) is 5.75 Å². The van der Waals surface area contributed by atoms with Crippen LogP contribution in [0.25, 0.3) is 33.4 Å². The Bertz CT molecular complexity index is 2780. The molecule has 19 nitrogen and oxygen atoms in total. The van der Waals surface area contributed by atoms with Gasteiger partial charge in [-0.15, -0.1) is 0 Å². The first-order valence-corrected chi connectivity index (χ1v) is 24.0. The number of unbranched alkanes of at least 4 members (excludes halogenated alkanes) is 3. The molecule has 0 bridgehead atoms. The number of aromatic hydroxyl groups is 1. The third kappa shape index (κ3) is 16.2. The van der Waals surface area contributed by atoms with Gasteiger partial charge in [-0.25, -0.2) is 4.79 Å². The van der Waals surface area contributed by atoms with E-state index in [2.05, 4.69) is 37.2 Å². The zero-order valence-corrected chi connectivity index (χ0v) is 40.9. The number of aromatic carboxylic acids is 1. The summed E-state index contributed by atoms with van der Waals surface area (Å²) < 4.78 is 5.88. The van der Waals surface area contributed by atoms with Crippen LogP contribution in [0.4, 0.5) is 0 Å². The Balaban J connectivity index is 1.11. The largest absolute Gasteiger partial charge is 0.508 e. The van der Waals surface area contributed by atoms with Gasteiger partial charge in [0.05, 0.1) is 12.1 Å². The highest BCUT2D eigenvalue weighted by Gasteiger charge is 2.28. The number of carbonyl (C=O) groups is 8. The first kappa shape index (κ1) is 54.8. The van der Waals surface area contributed by atoms with Gasteiger partial charge >= 0.3 is 5.97 Å². The van der Waals surface area contributed by atoms with Gasteiger partial charge in [0.2, 0.25) is 35.4 Å². The highest BCUT2D eigenvalue weighted by atomic mass is 16.4. The smallest absolute Gasteiger partial charge is 0.336 e. The van der Waals surface area contributed by atoms with Crippen LogP contribution >= 0.6 is 0 Å². The molecule has 1 heterocycles. The number of hydrogen-bond donors (Lipinski definition) is 9. The Morgan fingerprint density at radius 1 is 0.667 bits per heavy atom. The molecule has 72 heavy (non-hydrogen) atoms. The van der Waals surface area contributed by atoms with Crippen LogP contribution in [0.15, 0.2) is 94.1 Å². The first-order valence-electron chi connectivity index (χ1n) is 24.0. The molecule has 3 aromatic rings. The van der Waals surface area contributed by atoms with E-state index in [0.717, 1.165) is 5.56 Å². The van der Waals surface area contributed by atoms with Gasteiger partial charge in [0.1, 0.15) is 35.2 Å². The number of phenolic OH excluding ortho intramolecular Hbond substituents is 1. The topological polar surface area (TPSA) is 291 Å². The van der Waals surface area contributed by atoms with Gasteiger partial charge in [-0.2, -0.15) is 0 Å². The lowest BCUT2D eigenvalue weighted by Gasteiger charge is -2.23. The van der Waals surface area contributed by atoms with Crippen LogP contribution in [-0.2, 0) is 35.2 Å². The van der Waals surface area contributed by atoms with Crippen molar-refractivity contribution in [3.8, 4) is 28.2 Å². The molecule has 0 radical (unpaired) electrons. The Kier molecular flexibility index (Phi) is 20.4. The second-order valence-electron chi connectivity index (χ2n) is 17.9. The molecule has 2 aliphatic rings. The number of carboxylic acids is 1. The molecule has 19 heteroatoms. The molecule has 5 rings (SSSR count). The Morgan fingerprint density at radius 3 is 2.08 bits per heavy atom. The van der Waals surface area contributed by atoms with Gasteiger partial charge in [0, 0.05) is 74.1 Å². The molecule has 0 saturated carbocycles. The standard InChI is InChI=1S/C53H63N7O12/c1-31(2)25-42(51(68)57-30-47(65)58-41(15-10-12-23-55-32(3)61)52(69)60-43(50(67)54-4)26-33-13-7-5-8-14-33)59-46(64)16-9-6-11-24-56-49(66)34-17-20-37(40(27-34)53(70)71)48-38-21-18-35(62)28-44(38)72-45-29-36(63)19-22-39(45)48/h5,7-8,13-14,17-22,27-29,31,41-43,62H,6,9-12,15-16,23-26,30H2,1-4H3,(H,54,67)(H,55,61)(H,56,66)(H,57,68)(H,58,65)(H,59,64)(H,60,69)(H,70,71)/t41-,42-,43-/m0/s1. The number of amides is 7. The van der Waals surface area contributed by atoms with Gasteiger partial charge in [-0.05, 0) is 92.0 Å². The Morgan fingerprint density at radius 2 is 1.38 bits per heavy atom. The molecule has 0 unspecified atom stereocenters. The molecule has 0 fully saturated rings. The molecular formula is C53H63N7O12. The fourth-order valence-corrected chi connectivity index (χ4v) is 8.14. The third-order valence-corrected chi connectivity index (χ3v) is 11.7. The molecule has 0 aromatic heterocycles. The Hall–Kier alpha value is -8.09. The van der Waals surface area contributed by atoms with Crippen LogP contribution < -0.4 is 42.6 Å². The highest BCUT2D eigenvalue weighted by Crippen LogP contribution is 2.42. The number of nitrogens with one attached hydrogen (secondary N) is 7. The van der Waals surface area contributed by atoms with Crippen LogP contribution in [0.3, 0.4) is 0 Å². The summed E-state index contributed by atoms with van der Waals surface area (Å²) in [6.07, 6.45) is 3.15. The fourth-order valence-electron chi connectivity index (χ4n) is 8.14. The molecule has 0 saturated heterocycles. The van der Waals surface area contributed by atoms with Crippen LogP contribution in [0, 0.1) is 5.92 Å². The Labute approximate surface area is 416 Å². The molecular weight excluding hydrogens is 927 g/mol. The molecule has 0 spiro atoms. The number of phenols is 1. The summed E-state index contributed by atoms with van der Waals surface area (Å²) in [5.74, 6) is -4.57. The predicted molar refractivity (Wildman–Crippen MR) is 269 cm³/mol. The number of rotatable bonds is 26. The minimum Gasteiger partial charge on any atom is -0.508 e. The van der Waals surface area contributed by atoms with Crippen molar-refractivity contribution < 1.29 is 53.0 Å². The zero-order chi connectivity index (χ0) is 52.3. The summed E-state index contributed by atoms with van der Waals surface area (Å²) in [6.45, 7) is 5.25. The maximum Gasteiger partial charge on any atom is 0.336 e. The van der Waals surface area contributed by atoms with Crippen molar-refractivity contribution in [3.05, 3.63) is 112 Å². The summed E-state index contributed by atoms with van der Waals surface area (Å²) in [7, 11) is 1.46. The third-order valence-electron chi connectivity index (χ3n) is 11.7. The lowest BCUT2D eigenvalue weighted by molar-refractivity contribution is -0.133. The van der Waals surface area contributed by atoms with E-state index in [1.807, 2.05) is 44.2 Å². The van der Waals surface area contributed by atoms with Crippen molar-refractivity contribution in [1.82, 2.24) is 37.2 Å². The van der Waals surface area contributed by atoms with Crippen molar-refractivity contribution in [3.63, 3.8) is 0 Å². The van der Waals surface area contributed by atoms with E-state index >= 15 is 0 Å². The molecule has 9 N–H and O–H groups in total. The van der Waals surface area contributed by atoms with Crippen LogP contribution in [0.2, 0.25) is 0 Å². The van der Waals surface area contributed by atoms with Gasteiger partial charge < -0.3 is 51.8 Å². The van der Waals surface area contributed by atoms with Crippen molar-refractivity contribution in [2.24, 2.45) is 5.92 Å². The molecule has 3 atom stereocenters. The van der Waals surface area contributed by atoms with E-state index in [-0.39, 0.29) is 89.2 Å². The summed E-state index contributed by atoms with van der Waals surface area (Å²) in [6, 6.07) is 19.0. The van der Waals surface area contributed by atoms with Crippen molar-refractivity contribution in [2.75, 3.05) is 26.7 Å². The van der Waals surface area contributed by atoms with E-state index < -0.39 is 60.2 Å². The van der Waals surface area contributed by atoms with Gasteiger partial charge in [-0.3, -0.25) is 38.4 Å². The van der Waals surface area contributed by atoms with E-state index in [1.54, 1.807) is 6.07 Å². The summed E-state index contributed by atoms with van der Waals surface area (Å²) >= 11 is 0. The number of hydrogen-bond acceptors (Lipinski definition) is 11. The highest BCUT2D eigenvalue weighted by molar-refractivity contribution is 6.09. The monoisotopic (exact) mass is 989 g/mol. The molecule has 382 valence electrons. The predicted octanol–water partition coefficient (Wildman–Crippen LogP) is 4.17. The number of carboxylic acid groups (broad SMARTS) is 1. The first-order chi connectivity index (χ1) is 34.4. The summed E-state index contributed by atoms with van der Waals surface area (Å²) in [5.41, 5.74) is 1.84. The average molecular weight is 990 g/mol.